The van der Waals surface area contributed by atoms with Gasteiger partial charge in [0.15, 0.2) is 5.60 Å². The van der Waals surface area contributed by atoms with Crippen LogP contribution in [0.3, 0.4) is 0 Å². The largest absolute Gasteiger partial charge is 0.375 e. The molecule has 0 spiro atoms. The van der Waals surface area contributed by atoms with Crippen molar-refractivity contribution in [3.05, 3.63) is 69.8 Å². The van der Waals surface area contributed by atoms with Gasteiger partial charge in [0.2, 0.25) is 0 Å². The molecule has 2 aromatic rings. The molecule has 12 heteroatoms. The number of amides is 3. The number of anilines is 1. The summed E-state index contributed by atoms with van der Waals surface area (Å²) in [6, 6.07) is 11.6. The Hall–Kier alpha value is -4.16. The lowest BCUT2D eigenvalue weighted by atomic mass is 9.87. The summed E-state index contributed by atoms with van der Waals surface area (Å²) in [5, 5.41) is 28.4. The van der Waals surface area contributed by atoms with Gasteiger partial charge in [-0.15, -0.1) is 0 Å². The van der Waals surface area contributed by atoms with Crippen molar-refractivity contribution in [2.45, 2.75) is 12.0 Å². The third kappa shape index (κ3) is 3.85. The summed E-state index contributed by atoms with van der Waals surface area (Å²) < 4.78 is 0. The van der Waals surface area contributed by atoms with Crippen LogP contribution in [0.25, 0.3) is 0 Å². The summed E-state index contributed by atoms with van der Waals surface area (Å²) in [7, 11) is 0. The molecule has 1 heterocycles. The molecule has 30 heavy (non-hydrogen) atoms. The number of para-hydroxylation sites is 1. The third-order valence-electron chi connectivity index (χ3n) is 4.46. The minimum absolute atomic E-state index is 0.00239. The second kappa shape index (κ2) is 8.06. The maximum absolute atomic E-state index is 12.5. The molecule has 2 aromatic carbocycles. The number of hydrazone groups is 1. The third-order valence-corrected chi connectivity index (χ3v) is 4.46. The molecule has 6 N–H and O–H groups in total. The maximum atomic E-state index is 12.5. The quantitative estimate of drug-likeness (QED) is 0.111. The molecule has 1 atom stereocenters. The van der Waals surface area contributed by atoms with Crippen LogP contribution in [0.15, 0.2) is 53.6 Å². The molecule has 154 valence electrons. The predicted octanol–water partition coefficient (Wildman–Crippen LogP) is -0.365. The zero-order valence-corrected chi connectivity index (χ0v) is 15.3. The van der Waals surface area contributed by atoms with Crippen molar-refractivity contribution in [2.75, 3.05) is 5.32 Å². The van der Waals surface area contributed by atoms with Crippen LogP contribution < -0.4 is 22.0 Å². The van der Waals surface area contributed by atoms with Crippen molar-refractivity contribution in [3.8, 4) is 0 Å². The standard InChI is InChI=1S/C18H16N6O6/c19-21-15(25)16(26)23-22-14(10-5-7-11(8-6-10)24(29)30)9-18(28)12-3-1-2-4-13(12)20-17(18)27/h1-8,28H,9,19H2,(H,20,27)(H,21,25)(H,23,26). The van der Waals surface area contributed by atoms with Gasteiger partial charge in [-0.3, -0.25) is 29.9 Å². The Morgan fingerprint density at radius 2 is 1.83 bits per heavy atom. The highest BCUT2D eigenvalue weighted by atomic mass is 16.6. The fraction of sp³-hybridized carbons (Fsp3) is 0.111. The van der Waals surface area contributed by atoms with Gasteiger partial charge in [0.25, 0.3) is 11.6 Å². The van der Waals surface area contributed by atoms with E-state index in [9.17, 15) is 29.6 Å². The van der Waals surface area contributed by atoms with Gasteiger partial charge in [-0.05, 0) is 23.8 Å². The Balaban J connectivity index is 1.99. The van der Waals surface area contributed by atoms with E-state index in [0.717, 1.165) is 0 Å². The molecule has 0 bridgehead atoms. The molecule has 3 amide bonds. The highest BCUT2D eigenvalue weighted by molar-refractivity contribution is 6.35. The van der Waals surface area contributed by atoms with Crippen molar-refractivity contribution in [3.63, 3.8) is 0 Å². The first-order chi connectivity index (χ1) is 14.3. The van der Waals surface area contributed by atoms with Crippen LogP contribution >= 0.6 is 0 Å². The molecule has 3 rings (SSSR count). The summed E-state index contributed by atoms with van der Waals surface area (Å²) in [5.41, 5.74) is 2.41. The van der Waals surface area contributed by atoms with Gasteiger partial charge in [-0.1, -0.05) is 18.2 Å². The van der Waals surface area contributed by atoms with E-state index in [0.29, 0.717) is 11.3 Å². The number of nitro groups is 1. The molecule has 0 fully saturated rings. The molecule has 1 unspecified atom stereocenters. The van der Waals surface area contributed by atoms with Crippen molar-refractivity contribution >= 4 is 34.8 Å². The summed E-state index contributed by atoms with van der Waals surface area (Å²) >= 11 is 0. The van der Waals surface area contributed by atoms with Crippen LogP contribution in [0.5, 0.6) is 0 Å². The fourth-order valence-electron chi connectivity index (χ4n) is 2.93. The van der Waals surface area contributed by atoms with Crippen LogP contribution in [-0.2, 0) is 20.0 Å². The molecule has 12 nitrogen and oxygen atoms in total. The average Bonchev–Trinajstić information content (AvgIpc) is 3.00. The van der Waals surface area contributed by atoms with Gasteiger partial charge in [0.1, 0.15) is 0 Å². The number of hydrazine groups is 1. The summed E-state index contributed by atoms with van der Waals surface area (Å²) in [5.74, 6) is 1.85. The average molecular weight is 412 g/mol. The number of aliphatic hydroxyl groups is 1. The lowest BCUT2D eigenvalue weighted by Crippen LogP contribution is -2.42. The van der Waals surface area contributed by atoms with Crippen molar-refractivity contribution < 1.29 is 24.4 Å². The summed E-state index contributed by atoms with van der Waals surface area (Å²) in [6.07, 6.45) is -0.391. The molecular weight excluding hydrogens is 396 g/mol. The van der Waals surface area contributed by atoms with Crippen LogP contribution in [0, 0.1) is 10.1 Å². The topological polar surface area (TPSA) is 189 Å². The second-order valence-electron chi connectivity index (χ2n) is 6.31. The van der Waals surface area contributed by atoms with Crippen LogP contribution in [-0.4, -0.2) is 33.5 Å². The number of hydrogen-bond donors (Lipinski definition) is 5. The highest BCUT2D eigenvalue weighted by Gasteiger charge is 2.46. The molecule has 0 aromatic heterocycles. The van der Waals surface area contributed by atoms with E-state index in [4.69, 9.17) is 5.84 Å². The Labute approximate surface area is 168 Å². The number of nitro benzene ring substituents is 1. The monoisotopic (exact) mass is 412 g/mol. The minimum Gasteiger partial charge on any atom is -0.375 e. The van der Waals surface area contributed by atoms with E-state index >= 15 is 0 Å². The van der Waals surface area contributed by atoms with E-state index in [-0.39, 0.29) is 17.0 Å². The molecule has 0 aliphatic carbocycles. The summed E-state index contributed by atoms with van der Waals surface area (Å²) in [4.78, 5) is 45.8. The van der Waals surface area contributed by atoms with E-state index in [1.807, 2.05) is 5.43 Å². The number of benzene rings is 2. The molecule has 1 aliphatic rings. The lowest BCUT2D eigenvalue weighted by Gasteiger charge is -2.22. The first kappa shape index (κ1) is 20.6. The smallest absolute Gasteiger partial charge is 0.330 e. The zero-order valence-electron chi connectivity index (χ0n) is 15.3. The Morgan fingerprint density at radius 1 is 1.17 bits per heavy atom. The van der Waals surface area contributed by atoms with Crippen LogP contribution in [0.2, 0.25) is 0 Å². The number of nitrogens with two attached hydrogens (primary N) is 1. The number of rotatable bonds is 5. The number of non-ortho nitro benzene ring substituents is 1. The van der Waals surface area contributed by atoms with E-state index < -0.39 is 34.7 Å². The van der Waals surface area contributed by atoms with Gasteiger partial charge in [-0.25, -0.2) is 11.3 Å². The normalized spacial score (nSPS) is 17.7. The number of fused-ring (bicyclic) bond motifs is 1. The van der Waals surface area contributed by atoms with Crippen molar-refractivity contribution in [1.29, 1.82) is 0 Å². The van der Waals surface area contributed by atoms with E-state index in [1.165, 1.54) is 24.3 Å². The first-order valence-electron chi connectivity index (χ1n) is 8.52. The van der Waals surface area contributed by atoms with Crippen molar-refractivity contribution in [2.24, 2.45) is 10.9 Å². The Bertz CT molecular complexity index is 1070. The Kier molecular flexibility index (Phi) is 5.53. The second-order valence-corrected chi connectivity index (χ2v) is 6.31. The fourth-order valence-corrected chi connectivity index (χ4v) is 2.93. The molecule has 0 saturated carbocycles. The molecule has 0 saturated heterocycles. The Morgan fingerprint density at radius 3 is 2.47 bits per heavy atom. The van der Waals surface area contributed by atoms with E-state index in [2.05, 4.69) is 10.4 Å². The molecule has 1 aliphatic heterocycles. The SMILES string of the molecule is NNC(=O)C(=O)NN=C(CC1(O)C(=O)Nc2ccccc21)c1ccc([N+](=O)[O-])cc1. The highest BCUT2D eigenvalue weighted by Crippen LogP contribution is 2.39. The number of nitrogens with zero attached hydrogens (tertiary/aromatic N) is 2. The summed E-state index contributed by atoms with van der Waals surface area (Å²) in [6.45, 7) is 0. The van der Waals surface area contributed by atoms with Crippen molar-refractivity contribution in [1.82, 2.24) is 10.9 Å². The maximum Gasteiger partial charge on any atom is 0.330 e. The number of hydrogen-bond acceptors (Lipinski definition) is 8. The molecular formula is C18H16N6O6. The minimum atomic E-state index is -2.02. The first-order valence-corrected chi connectivity index (χ1v) is 8.52. The van der Waals surface area contributed by atoms with E-state index in [1.54, 1.807) is 29.7 Å². The van der Waals surface area contributed by atoms with Gasteiger partial charge in [-0.2, -0.15) is 5.10 Å². The van der Waals surface area contributed by atoms with Gasteiger partial charge in [0, 0.05) is 29.8 Å². The van der Waals surface area contributed by atoms with Gasteiger partial charge < -0.3 is 10.4 Å². The van der Waals surface area contributed by atoms with Gasteiger partial charge in [0.05, 0.1) is 10.6 Å². The molecule has 0 radical (unpaired) electrons. The van der Waals surface area contributed by atoms with Crippen LogP contribution in [0.1, 0.15) is 17.5 Å². The number of nitrogens with one attached hydrogen (secondary N) is 3. The number of carbonyl (C=O) groups excluding carboxylic acids is 3. The lowest BCUT2D eigenvalue weighted by molar-refractivity contribution is -0.384. The van der Waals surface area contributed by atoms with Gasteiger partial charge >= 0.3 is 11.8 Å². The predicted molar refractivity (Wildman–Crippen MR) is 104 cm³/mol. The number of carbonyl (C=O) groups is 3. The van der Waals surface area contributed by atoms with Crippen LogP contribution in [0.4, 0.5) is 11.4 Å². The zero-order chi connectivity index (χ0) is 21.9.